The Bertz CT molecular complexity index is 820. The lowest BCUT2D eigenvalue weighted by Gasteiger charge is -2.12. The number of hydrogen-bond acceptors (Lipinski definition) is 6. The van der Waals surface area contributed by atoms with Crippen LogP contribution < -0.4 is 20.1 Å². The molecule has 142 valence electrons. The Morgan fingerprint density at radius 1 is 1.07 bits per heavy atom. The molecular weight excluding hydrogens is 390 g/mol. The van der Waals surface area contributed by atoms with Gasteiger partial charge in [-0.2, -0.15) is 0 Å². The molecule has 0 radical (unpaired) electrons. The fraction of sp³-hybridized carbons (Fsp3) is 0.278. The highest BCUT2D eigenvalue weighted by Crippen LogP contribution is 2.37. The minimum absolute atomic E-state index is 0.112. The molecule has 0 fully saturated rings. The van der Waals surface area contributed by atoms with Crippen LogP contribution in [0.4, 0.5) is 11.5 Å². The third kappa shape index (κ3) is 5.77. The number of hydrogen-bond donors (Lipinski definition) is 2. The summed E-state index contributed by atoms with van der Waals surface area (Å²) in [5.41, 5.74) is 0.449. The maximum atomic E-state index is 12.1. The van der Waals surface area contributed by atoms with Crippen LogP contribution in [0.5, 0.6) is 11.5 Å². The zero-order chi connectivity index (χ0) is 19.1. The summed E-state index contributed by atoms with van der Waals surface area (Å²) in [5.74, 6) is 1.36. The average molecular weight is 408 g/mol. The summed E-state index contributed by atoms with van der Waals surface area (Å²) in [4.78, 5) is 28.0. The predicted molar refractivity (Wildman–Crippen MR) is 106 cm³/mol. The van der Waals surface area contributed by atoms with Gasteiger partial charge in [0.25, 0.3) is 0 Å². The van der Waals surface area contributed by atoms with E-state index in [9.17, 15) is 9.59 Å². The third-order valence-corrected chi connectivity index (χ3v) is 4.76. The number of ether oxygens (including phenoxy) is 2. The number of benzene rings is 1. The van der Waals surface area contributed by atoms with Crippen molar-refractivity contribution in [3.8, 4) is 11.5 Å². The highest BCUT2D eigenvalue weighted by molar-refractivity contribution is 8.00. The van der Waals surface area contributed by atoms with Gasteiger partial charge >= 0.3 is 0 Å². The number of rotatable bonds is 6. The predicted octanol–water partition coefficient (Wildman–Crippen LogP) is 3.21. The Morgan fingerprint density at radius 3 is 2.48 bits per heavy atom. The monoisotopic (exact) mass is 407 g/mol. The summed E-state index contributed by atoms with van der Waals surface area (Å²) in [6.45, 7) is 1.11. The lowest BCUT2D eigenvalue weighted by atomic mass is 10.2. The number of fused-ring (bicyclic) bond motifs is 1. The lowest BCUT2D eigenvalue weighted by molar-refractivity contribution is -0.114. The van der Waals surface area contributed by atoms with Gasteiger partial charge in [0.05, 0.1) is 35.4 Å². The van der Waals surface area contributed by atoms with Crippen LogP contribution in [0.1, 0.15) is 6.42 Å². The Hall–Kier alpha value is -2.45. The number of halogens is 1. The molecule has 2 N–H and O–H groups in total. The van der Waals surface area contributed by atoms with E-state index < -0.39 is 0 Å². The maximum Gasteiger partial charge on any atom is 0.235 e. The van der Waals surface area contributed by atoms with Gasteiger partial charge in [-0.3, -0.25) is 9.59 Å². The SMILES string of the molecule is O=C(CSCC(=O)Nc1cc2c(cc1Cl)OCCCO2)Nc1ccccn1. The molecule has 0 saturated carbocycles. The summed E-state index contributed by atoms with van der Waals surface area (Å²) >= 11 is 7.40. The molecule has 0 atom stereocenters. The van der Waals surface area contributed by atoms with Crippen molar-refractivity contribution in [3.05, 3.63) is 41.6 Å². The van der Waals surface area contributed by atoms with Crippen molar-refractivity contribution in [1.29, 1.82) is 0 Å². The van der Waals surface area contributed by atoms with Crippen LogP contribution in [-0.2, 0) is 9.59 Å². The summed E-state index contributed by atoms with van der Waals surface area (Å²) in [6, 6.07) is 8.52. The zero-order valence-electron chi connectivity index (χ0n) is 14.4. The maximum absolute atomic E-state index is 12.1. The van der Waals surface area contributed by atoms with Gasteiger partial charge in [-0.05, 0) is 12.1 Å². The second-order valence-corrected chi connectivity index (χ2v) is 7.03. The Kier molecular flexibility index (Phi) is 6.78. The van der Waals surface area contributed by atoms with Crippen molar-refractivity contribution in [2.24, 2.45) is 0 Å². The van der Waals surface area contributed by atoms with Crippen LogP contribution in [0.3, 0.4) is 0 Å². The fourth-order valence-electron chi connectivity index (χ4n) is 2.32. The van der Waals surface area contributed by atoms with Crippen molar-refractivity contribution in [2.75, 3.05) is 35.4 Å². The van der Waals surface area contributed by atoms with Crippen molar-refractivity contribution in [2.45, 2.75) is 6.42 Å². The molecule has 0 aliphatic carbocycles. The summed E-state index contributed by atoms with van der Waals surface area (Å²) in [6.07, 6.45) is 2.38. The topological polar surface area (TPSA) is 89.6 Å². The molecule has 2 heterocycles. The Morgan fingerprint density at radius 2 is 1.78 bits per heavy atom. The molecular formula is C18H18ClN3O4S. The van der Waals surface area contributed by atoms with Crippen molar-refractivity contribution >= 4 is 46.7 Å². The number of thioether (sulfide) groups is 1. The van der Waals surface area contributed by atoms with Gasteiger partial charge in [0.15, 0.2) is 11.5 Å². The molecule has 2 amide bonds. The van der Waals surface area contributed by atoms with E-state index in [0.717, 1.165) is 6.42 Å². The molecule has 0 spiro atoms. The van der Waals surface area contributed by atoms with E-state index in [-0.39, 0.29) is 23.3 Å². The number of aromatic nitrogens is 1. The first-order valence-electron chi connectivity index (χ1n) is 8.29. The molecule has 7 nitrogen and oxygen atoms in total. The minimum Gasteiger partial charge on any atom is -0.490 e. The fourth-order valence-corrected chi connectivity index (χ4v) is 3.14. The second kappa shape index (κ2) is 9.48. The minimum atomic E-state index is -0.262. The molecule has 1 aromatic carbocycles. The van der Waals surface area contributed by atoms with Gasteiger partial charge in [0.2, 0.25) is 11.8 Å². The highest BCUT2D eigenvalue weighted by Gasteiger charge is 2.16. The Labute approximate surface area is 165 Å². The number of nitrogens with zero attached hydrogens (tertiary/aromatic N) is 1. The van der Waals surface area contributed by atoms with Crippen LogP contribution in [0.2, 0.25) is 5.02 Å². The third-order valence-electron chi connectivity index (χ3n) is 3.51. The average Bonchev–Trinajstić information content (AvgIpc) is 2.88. The van der Waals surface area contributed by atoms with Crippen molar-refractivity contribution < 1.29 is 19.1 Å². The van der Waals surface area contributed by atoms with Gasteiger partial charge in [-0.15, -0.1) is 11.8 Å². The van der Waals surface area contributed by atoms with E-state index in [1.165, 1.54) is 11.8 Å². The van der Waals surface area contributed by atoms with Gasteiger partial charge in [0, 0.05) is 24.8 Å². The Balaban J connectivity index is 1.48. The zero-order valence-corrected chi connectivity index (χ0v) is 15.9. The number of amides is 2. The molecule has 1 aliphatic heterocycles. The van der Waals surface area contributed by atoms with E-state index in [0.29, 0.717) is 41.2 Å². The van der Waals surface area contributed by atoms with Crippen LogP contribution in [0.25, 0.3) is 0 Å². The quantitative estimate of drug-likeness (QED) is 0.764. The number of nitrogens with one attached hydrogen (secondary N) is 2. The number of carbonyl (C=O) groups excluding carboxylic acids is 2. The smallest absolute Gasteiger partial charge is 0.235 e. The van der Waals surface area contributed by atoms with Gasteiger partial charge in [0.1, 0.15) is 5.82 Å². The van der Waals surface area contributed by atoms with E-state index in [4.69, 9.17) is 21.1 Å². The number of carbonyl (C=O) groups is 2. The van der Waals surface area contributed by atoms with Crippen molar-refractivity contribution in [1.82, 2.24) is 4.98 Å². The van der Waals surface area contributed by atoms with Crippen LogP contribution in [0, 0.1) is 0 Å². The summed E-state index contributed by atoms with van der Waals surface area (Å²) in [5, 5.41) is 5.76. The number of pyridine rings is 1. The molecule has 1 aliphatic rings. The number of anilines is 2. The van der Waals surface area contributed by atoms with E-state index in [1.54, 1.807) is 36.5 Å². The molecule has 2 aromatic rings. The largest absolute Gasteiger partial charge is 0.490 e. The molecule has 27 heavy (non-hydrogen) atoms. The molecule has 1 aromatic heterocycles. The van der Waals surface area contributed by atoms with Gasteiger partial charge < -0.3 is 20.1 Å². The van der Waals surface area contributed by atoms with Crippen LogP contribution in [-0.4, -0.2) is 41.5 Å². The molecule has 3 rings (SSSR count). The standard InChI is InChI=1S/C18H18ClN3O4S/c19-12-8-14-15(26-7-3-6-25-14)9-13(12)21-17(23)10-27-11-18(24)22-16-4-1-2-5-20-16/h1-2,4-5,8-9H,3,6-7,10-11H2,(H,21,23)(H,20,22,24). The van der Waals surface area contributed by atoms with E-state index in [2.05, 4.69) is 15.6 Å². The normalized spacial score (nSPS) is 12.8. The molecule has 0 unspecified atom stereocenters. The van der Waals surface area contributed by atoms with Crippen LogP contribution in [0.15, 0.2) is 36.5 Å². The van der Waals surface area contributed by atoms with E-state index >= 15 is 0 Å². The second-order valence-electron chi connectivity index (χ2n) is 5.63. The van der Waals surface area contributed by atoms with Gasteiger partial charge in [-0.25, -0.2) is 4.98 Å². The lowest BCUT2D eigenvalue weighted by Crippen LogP contribution is -2.19. The van der Waals surface area contributed by atoms with Gasteiger partial charge in [-0.1, -0.05) is 17.7 Å². The summed E-state index contributed by atoms with van der Waals surface area (Å²) < 4.78 is 11.1. The first kappa shape index (κ1) is 19.3. The first-order valence-corrected chi connectivity index (χ1v) is 9.83. The van der Waals surface area contributed by atoms with Crippen molar-refractivity contribution in [3.63, 3.8) is 0 Å². The molecule has 0 bridgehead atoms. The molecule has 0 saturated heterocycles. The molecule has 9 heteroatoms. The van der Waals surface area contributed by atoms with E-state index in [1.807, 2.05) is 0 Å². The first-order chi connectivity index (χ1) is 13.1. The van der Waals surface area contributed by atoms with Crippen LogP contribution >= 0.6 is 23.4 Å². The highest BCUT2D eigenvalue weighted by atomic mass is 35.5. The summed E-state index contributed by atoms with van der Waals surface area (Å²) in [7, 11) is 0.